The quantitative estimate of drug-likeness (QED) is 0.684. The van der Waals surface area contributed by atoms with E-state index in [1.165, 1.54) is 6.07 Å². The Morgan fingerprint density at radius 2 is 2.26 bits per heavy atom. The predicted molar refractivity (Wildman–Crippen MR) is 75.4 cm³/mol. The van der Waals surface area contributed by atoms with Crippen LogP contribution in [0.4, 0.5) is 5.69 Å². The van der Waals surface area contributed by atoms with Gasteiger partial charge in [0.25, 0.3) is 5.69 Å². The van der Waals surface area contributed by atoms with Crippen LogP contribution >= 0.6 is 11.6 Å². The van der Waals surface area contributed by atoms with Crippen molar-refractivity contribution in [2.24, 2.45) is 0 Å². The van der Waals surface area contributed by atoms with E-state index in [0.29, 0.717) is 12.1 Å². The second-order valence-electron chi connectivity index (χ2n) is 5.13. The van der Waals surface area contributed by atoms with E-state index in [9.17, 15) is 10.1 Å². The fourth-order valence-electron chi connectivity index (χ4n) is 2.35. The lowest BCUT2D eigenvalue weighted by Gasteiger charge is -2.37. The lowest BCUT2D eigenvalue weighted by molar-refractivity contribution is -0.384. The van der Waals surface area contributed by atoms with E-state index in [4.69, 9.17) is 11.6 Å². The molecule has 5 nitrogen and oxygen atoms in total. The van der Waals surface area contributed by atoms with Gasteiger partial charge in [-0.3, -0.25) is 15.0 Å². The molecule has 6 heteroatoms. The van der Waals surface area contributed by atoms with Gasteiger partial charge in [0.15, 0.2) is 0 Å². The van der Waals surface area contributed by atoms with E-state index < -0.39 is 4.92 Å². The molecule has 0 amide bonds. The fraction of sp³-hybridized carbons (Fsp3) is 0.538. The van der Waals surface area contributed by atoms with Crippen molar-refractivity contribution >= 4 is 17.3 Å². The summed E-state index contributed by atoms with van der Waals surface area (Å²) >= 11 is 5.93. The van der Waals surface area contributed by atoms with Crippen LogP contribution in [0.5, 0.6) is 0 Å². The summed E-state index contributed by atoms with van der Waals surface area (Å²) in [6.07, 6.45) is 0. The molecule has 1 aliphatic heterocycles. The number of halogens is 1. The normalized spacial score (nSPS) is 24.4. The first-order chi connectivity index (χ1) is 8.97. The van der Waals surface area contributed by atoms with Crippen LogP contribution in [0.25, 0.3) is 0 Å². The molecule has 104 valence electrons. The molecular weight excluding hydrogens is 266 g/mol. The van der Waals surface area contributed by atoms with Crippen molar-refractivity contribution in [2.45, 2.75) is 32.5 Å². The first-order valence-corrected chi connectivity index (χ1v) is 6.75. The SMILES string of the molecule is CC1CN(Cc2ccc([N+](=O)[O-])c(Cl)c2)C(C)CN1. The monoisotopic (exact) mass is 283 g/mol. The van der Waals surface area contributed by atoms with Crippen molar-refractivity contribution in [1.82, 2.24) is 10.2 Å². The van der Waals surface area contributed by atoms with Crippen molar-refractivity contribution in [3.8, 4) is 0 Å². The van der Waals surface area contributed by atoms with Gasteiger partial charge >= 0.3 is 0 Å². The Morgan fingerprint density at radius 1 is 1.53 bits per heavy atom. The van der Waals surface area contributed by atoms with Gasteiger partial charge in [-0.05, 0) is 25.5 Å². The minimum atomic E-state index is -0.457. The summed E-state index contributed by atoms with van der Waals surface area (Å²) in [5, 5.41) is 14.4. The molecule has 1 heterocycles. The van der Waals surface area contributed by atoms with E-state index in [0.717, 1.165) is 25.2 Å². The van der Waals surface area contributed by atoms with Crippen LogP contribution in [-0.2, 0) is 6.54 Å². The third-order valence-electron chi connectivity index (χ3n) is 3.49. The van der Waals surface area contributed by atoms with E-state index >= 15 is 0 Å². The molecule has 0 spiro atoms. The maximum absolute atomic E-state index is 10.7. The molecule has 19 heavy (non-hydrogen) atoms. The molecule has 0 saturated carbocycles. The minimum absolute atomic E-state index is 0.0351. The Bertz CT molecular complexity index is 481. The highest BCUT2D eigenvalue weighted by Gasteiger charge is 2.22. The van der Waals surface area contributed by atoms with Gasteiger partial charge in [-0.25, -0.2) is 0 Å². The van der Waals surface area contributed by atoms with Crippen molar-refractivity contribution in [1.29, 1.82) is 0 Å². The summed E-state index contributed by atoms with van der Waals surface area (Å²) < 4.78 is 0. The zero-order valence-electron chi connectivity index (χ0n) is 11.1. The zero-order valence-corrected chi connectivity index (χ0v) is 11.9. The zero-order chi connectivity index (χ0) is 14.0. The molecular formula is C13H18ClN3O2. The molecule has 0 aliphatic carbocycles. The largest absolute Gasteiger partial charge is 0.311 e. The summed E-state index contributed by atoms with van der Waals surface area (Å²) in [4.78, 5) is 12.6. The van der Waals surface area contributed by atoms with Gasteiger partial charge in [0, 0.05) is 37.8 Å². The molecule has 1 saturated heterocycles. The Morgan fingerprint density at radius 3 is 2.89 bits per heavy atom. The third kappa shape index (κ3) is 3.43. The topological polar surface area (TPSA) is 58.4 Å². The molecule has 0 radical (unpaired) electrons. The highest BCUT2D eigenvalue weighted by Crippen LogP contribution is 2.26. The minimum Gasteiger partial charge on any atom is -0.311 e. The van der Waals surface area contributed by atoms with Gasteiger partial charge in [0.05, 0.1) is 4.92 Å². The summed E-state index contributed by atoms with van der Waals surface area (Å²) in [6.45, 7) is 7.02. The average molecular weight is 284 g/mol. The van der Waals surface area contributed by atoms with Gasteiger partial charge in [0.1, 0.15) is 5.02 Å². The smallest absolute Gasteiger partial charge is 0.287 e. The lowest BCUT2D eigenvalue weighted by atomic mass is 10.1. The molecule has 1 aromatic carbocycles. The summed E-state index contributed by atoms with van der Waals surface area (Å²) in [6, 6.07) is 5.87. The predicted octanol–water partition coefficient (Wildman–Crippen LogP) is 2.43. The highest BCUT2D eigenvalue weighted by atomic mass is 35.5. The number of nitro benzene ring substituents is 1. The van der Waals surface area contributed by atoms with Crippen LogP contribution in [0.2, 0.25) is 5.02 Å². The van der Waals surface area contributed by atoms with Crippen LogP contribution < -0.4 is 5.32 Å². The maximum Gasteiger partial charge on any atom is 0.287 e. The molecule has 0 aromatic heterocycles. The summed E-state index contributed by atoms with van der Waals surface area (Å²) in [5.41, 5.74) is 0.976. The molecule has 0 bridgehead atoms. The number of nitro groups is 1. The standard InChI is InChI=1S/C13H18ClN3O2/c1-9-7-16(10(2)6-15-9)8-11-3-4-13(17(18)19)12(14)5-11/h3-5,9-10,15H,6-8H2,1-2H3. The number of hydrogen-bond donors (Lipinski definition) is 1. The van der Waals surface area contributed by atoms with Crippen LogP contribution in [0.1, 0.15) is 19.4 Å². The van der Waals surface area contributed by atoms with Gasteiger partial charge < -0.3 is 5.32 Å². The molecule has 2 unspecified atom stereocenters. The van der Waals surface area contributed by atoms with Crippen molar-refractivity contribution in [3.63, 3.8) is 0 Å². The van der Waals surface area contributed by atoms with Crippen molar-refractivity contribution < 1.29 is 4.92 Å². The Kier molecular flexibility index (Phi) is 4.39. The number of nitrogens with one attached hydrogen (secondary N) is 1. The third-order valence-corrected chi connectivity index (χ3v) is 3.79. The second kappa shape index (κ2) is 5.86. The molecule has 1 fully saturated rings. The Labute approximate surface area is 117 Å². The first kappa shape index (κ1) is 14.2. The van der Waals surface area contributed by atoms with E-state index in [-0.39, 0.29) is 10.7 Å². The number of benzene rings is 1. The van der Waals surface area contributed by atoms with Gasteiger partial charge in [-0.2, -0.15) is 0 Å². The van der Waals surface area contributed by atoms with Crippen LogP contribution in [-0.4, -0.2) is 35.0 Å². The van der Waals surface area contributed by atoms with E-state index in [1.807, 2.05) is 0 Å². The Balaban J connectivity index is 2.10. The molecule has 2 rings (SSSR count). The van der Waals surface area contributed by atoms with Crippen LogP contribution in [0.3, 0.4) is 0 Å². The Hall–Kier alpha value is -1.17. The lowest BCUT2D eigenvalue weighted by Crippen LogP contribution is -2.53. The first-order valence-electron chi connectivity index (χ1n) is 6.37. The van der Waals surface area contributed by atoms with Gasteiger partial charge in [-0.1, -0.05) is 17.7 Å². The van der Waals surface area contributed by atoms with Crippen LogP contribution in [0.15, 0.2) is 18.2 Å². The number of nitrogens with zero attached hydrogens (tertiary/aromatic N) is 2. The van der Waals surface area contributed by atoms with Gasteiger partial charge in [0.2, 0.25) is 0 Å². The summed E-state index contributed by atoms with van der Waals surface area (Å²) in [5.74, 6) is 0. The van der Waals surface area contributed by atoms with Crippen molar-refractivity contribution in [3.05, 3.63) is 38.9 Å². The van der Waals surface area contributed by atoms with Crippen LogP contribution in [0, 0.1) is 10.1 Å². The fourth-order valence-corrected chi connectivity index (χ4v) is 2.62. The number of hydrogen-bond acceptors (Lipinski definition) is 4. The molecule has 1 N–H and O–H groups in total. The van der Waals surface area contributed by atoms with Crippen molar-refractivity contribution in [2.75, 3.05) is 13.1 Å². The van der Waals surface area contributed by atoms with E-state index in [1.54, 1.807) is 12.1 Å². The maximum atomic E-state index is 10.7. The number of rotatable bonds is 3. The second-order valence-corrected chi connectivity index (χ2v) is 5.54. The highest BCUT2D eigenvalue weighted by molar-refractivity contribution is 6.32. The average Bonchev–Trinajstić information content (AvgIpc) is 2.33. The number of piperazine rings is 1. The van der Waals surface area contributed by atoms with Gasteiger partial charge in [-0.15, -0.1) is 0 Å². The molecule has 2 atom stereocenters. The molecule has 1 aliphatic rings. The summed E-state index contributed by atoms with van der Waals surface area (Å²) in [7, 11) is 0. The van der Waals surface area contributed by atoms with E-state index in [2.05, 4.69) is 24.1 Å². The molecule has 1 aromatic rings.